The second-order valence-electron chi connectivity index (χ2n) is 8.40. The number of pyridine rings is 1. The van der Waals surface area contributed by atoms with Crippen LogP contribution in [0.4, 0.5) is 5.82 Å². The fourth-order valence-electron chi connectivity index (χ4n) is 5.33. The van der Waals surface area contributed by atoms with Gasteiger partial charge in [0.25, 0.3) is 0 Å². The molecule has 2 aromatic rings. The first kappa shape index (κ1) is 16.9. The molecule has 0 aromatic carbocycles. The molecule has 0 spiro atoms. The summed E-state index contributed by atoms with van der Waals surface area (Å²) in [5.74, 6) is 3.09. The average molecular weight is 365 g/mol. The molecule has 0 N–H and O–H groups in total. The van der Waals surface area contributed by atoms with Crippen LogP contribution in [0.25, 0.3) is 10.9 Å². The summed E-state index contributed by atoms with van der Waals surface area (Å²) in [5, 5.41) is 1.04. The second-order valence-corrected chi connectivity index (χ2v) is 8.40. The summed E-state index contributed by atoms with van der Waals surface area (Å²) in [6, 6.07) is 1.98. The van der Waals surface area contributed by atoms with Gasteiger partial charge in [0.2, 0.25) is 5.91 Å². The summed E-state index contributed by atoms with van der Waals surface area (Å²) >= 11 is 0. The largest absolute Gasteiger partial charge is 0.356 e. The Morgan fingerprint density at radius 3 is 2.48 bits per heavy atom. The van der Waals surface area contributed by atoms with Gasteiger partial charge >= 0.3 is 0 Å². The number of aromatic nitrogens is 3. The molecule has 27 heavy (non-hydrogen) atoms. The second kappa shape index (κ2) is 7.06. The Labute approximate surface area is 160 Å². The van der Waals surface area contributed by atoms with Gasteiger partial charge in [-0.1, -0.05) is 12.8 Å². The molecule has 1 aliphatic carbocycles. The van der Waals surface area contributed by atoms with Gasteiger partial charge in [-0.2, -0.15) is 0 Å². The first-order valence-electron chi connectivity index (χ1n) is 10.4. The van der Waals surface area contributed by atoms with E-state index in [1.165, 1.54) is 25.7 Å². The lowest BCUT2D eigenvalue weighted by atomic mass is 9.82. The van der Waals surface area contributed by atoms with Crippen molar-refractivity contribution in [2.45, 2.75) is 38.5 Å². The van der Waals surface area contributed by atoms with Crippen LogP contribution in [0.5, 0.6) is 0 Å². The normalized spacial score (nSPS) is 26.4. The lowest BCUT2D eigenvalue weighted by Gasteiger charge is -2.34. The standard InChI is InChI=1S/C21H27N5O/c27-21(26-12-16-3-1-2-4-17(16)13-26)15-6-9-25(10-7-15)20-18-5-8-22-11-19(18)23-14-24-20/h5,8,11,14-17H,1-4,6-7,9-10,12-13H2. The maximum absolute atomic E-state index is 13.1. The number of amides is 1. The van der Waals surface area contributed by atoms with Crippen LogP contribution >= 0.6 is 0 Å². The van der Waals surface area contributed by atoms with Gasteiger partial charge in [0.05, 0.1) is 11.7 Å². The van der Waals surface area contributed by atoms with Crippen molar-refractivity contribution in [1.29, 1.82) is 0 Å². The third-order valence-corrected chi connectivity index (χ3v) is 6.85. The Balaban J connectivity index is 1.24. The number of rotatable bonds is 2. The van der Waals surface area contributed by atoms with Gasteiger partial charge in [0.15, 0.2) is 0 Å². The molecule has 0 radical (unpaired) electrons. The lowest BCUT2D eigenvalue weighted by molar-refractivity contribution is -0.135. The Hall–Kier alpha value is -2.24. The molecule has 5 rings (SSSR count). The van der Waals surface area contributed by atoms with Gasteiger partial charge in [0.1, 0.15) is 12.1 Å². The number of fused-ring (bicyclic) bond motifs is 2. The van der Waals surface area contributed by atoms with E-state index in [1.54, 1.807) is 18.7 Å². The first-order valence-corrected chi connectivity index (χ1v) is 10.4. The number of piperidine rings is 1. The van der Waals surface area contributed by atoms with Crippen LogP contribution in [0.15, 0.2) is 24.8 Å². The van der Waals surface area contributed by atoms with E-state index in [2.05, 4.69) is 24.8 Å². The van der Waals surface area contributed by atoms with E-state index in [0.717, 1.165) is 67.6 Å². The van der Waals surface area contributed by atoms with E-state index in [0.29, 0.717) is 5.91 Å². The van der Waals surface area contributed by atoms with E-state index in [9.17, 15) is 4.79 Å². The van der Waals surface area contributed by atoms with Crippen molar-refractivity contribution in [1.82, 2.24) is 19.9 Å². The molecule has 2 aliphatic heterocycles. The van der Waals surface area contributed by atoms with Crippen LogP contribution in [0.3, 0.4) is 0 Å². The van der Waals surface area contributed by atoms with Crippen molar-refractivity contribution in [3.63, 3.8) is 0 Å². The third kappa shape index (κ3) is 3.15. The van der Waals surface area contributed by atoms with Crippen LogP contribution in [0.1, 0.15) is 38.5 Å². The number of anilines is 1. The van der Waals surface area contributed by atoms with Crippen molar-refractivity contribution in [2.75, 3.05) is 31.1 Å². The zero-order valence-electron chi connectivity index (χ0n) is 15.8. The van der Waals surface area contributed by atoms with Crippen molar-refractivity contribution in [2.24, 2.45) is 17.8 Å². The molecule has 2 aromatic heterocycles. The molecule has 6 nitrogen and oxygen atoms in total. The highest BCUT2D eigenvalue weighted by atomic mass is 16.2. The summed E-state index contributed by atoms with van der Waals surface area (Å²) in [7, 11) is 0. The molecule has 3 aliphatic rings. The van der Waals surface area contributed by atoms with Gasteiger partial charge in [-0.3, -0.25) is 9.78 Å². The highest BCUT2D eigenvalue weighted by Crippen LogP contribution is 2.37. The zero-order chi connectivity index (χ0) is 18.2. The topological polar surface area (TPSA) is 62.2 Å². The summed E-state index contributed by atoms with van der Waals surface area (Å²) < 4.78 is 0. The summed E-state index contributed by atoms with van der Waals surface area (Å²) in [4.78, 5) is 30.5. The van der Waals surface area contributed by atoms with Gasteiger partial charge in [-0.05, 0) is 43.6 Å². The Bertz CT molecular complexity index is 813. The van der Waals surface area contributed by atoms with Crippen molar-refractivity contribution < 1.29 is 4.79 Å². The maximum atomic E-state index is 13.1. The van der Waals surface area contributed by atoms with Gasteiger partial charge in [-0.25, -0.2) is 9.97 Å². The molecule has 2 saturated heterocycles. The number of carbonyl (C=O) groups is 1. The van der Waals surface area contributed by atoms with Crippen LogP contribution in [0, 0.1) is 17.8 Å². The molecular formula is C21H27N5O. The Morgan fingerprint density at radius 1 is 1.00 bits per heavy atom. The number of carbonyl (C=O) groups excluding carboxylic acids is 1. The number of likely N-dealkylation sites (tertiary alicyclic amines) is 1. The lowest BCUT2D eigenvalue weighted by Crippen LogP contribution is -2.42. The minimum Gasteiger partial charge on any atom is -0.356 e. The summed E-state index contributed by atoms with van der Waals surface area (Å²) in [5.41, 5.74) is 0.875. The molecule has 0 bridgehead atoms. The molecule has 142 valence electrons. The third-order valence-electron chi connectivity index (χ3n) is 6.85. The van der Waals surface area contributed by atoms with E-state index in [-0.39, 0.29) is 5.92 Å². The molecule has 1 amide bonds. The van der Waals surface area contributed by atoms with E-state index < -0.39 is 0 Å². The van der Waals surface area contributed by atoms with Crippen molar-refractivity contribution >= 4 is 22.6 Å². The van der Waals surface area contributed by atoms with Crippen molar-refractivity contribution in [3.8, 4) is 0 Å². The maximum Gasteiger partial charge on any atom is 0.225 e. The fourth-order valence-corrected chi connectivity index (χ4v) is 5.33. The first-order chi connectivity index (χ1) is 13.3. The Morgan fingerprint density at radius 2 is 1.74 bits per heavy atom. The fraction of sp³-hybridized carbons (Fsp3) is 0.619. The Kier molecular flexibility index (Phi) is 4.42. The van der Waals surface area contributed by atoms with Crippen LogP contribution in [-0.2, 0) is 4.79 Å². The monoisotopic (exact) mass is 365 g/mol. The van der Waals surface area contributed by atoms with E-state index in [1.807, 2.05) is 6.07 Å². The minimum absolute atomic E-state index is 0.177. The molecule has 2 unspecified atom stereocenters. The van der Waals surface area contributed by atoms with E-state index in [4.69, 9.17) is 0 Å². The van der Waals surface area contributed by atoms with E-state index >= 15 is 0 Å². The molecule has 6 heteroatoms. The van der Waals surface area contributed by atoms with Crippen molar-refractivity contribution in [3.05, 3.63) is 24.8 Å². The van der Waals surface area contributed by atoms with Crippen LogP contribution in [-0.4, -0.2) is 51.9 Å². The van der Waals surface area contributed by atoms with Crippen LogP contribution < -0.4 is 4.90 Å². The molecule has 4 heterocycles. The SMILES string of the molecule is O=C(C1CCN(c2ncnc3cnccc23)CC1)N1CC2CCCCC2C1. The highest BCUT2D eigenvalue weighted by molar-refractivity contribution is 5.88. The minimum atomic E-state index is 0.177. The molecule has 2 atom stereocenters. The number of nitrogens with zero attached hydrogens (tertiary/aromatic N) is 5. The summed E-state index contributed by atoms with van der Waals surface area (Å²) in [6.45, 7) is 3.78. The predicted octanol–water partition coefficient (Wildman–Crippen LogP) is 2.89. The van der Waals surface area contributed by atoms with Crippen LogP contribution in [0.2, 0.25) is 0 Å². The van der Waals surface area contributed by atoms with Gasteiger partial charge in [0, 0.05) is 43.7 Å². The predicted molar refractivity (Wildman–Crippen MR) is 104 cm³/mol. The quantitative estimate of drug-likeness (QED) is 0.819. The smallest absolute Gasteiger partial charge is 0.225 e. The zero-order valence-corrected chi connectivity index (χ0v) is 15.8. The number of hydrogen-bond donors (Lipinski definition) is 0. The number of hydrogen-bond acceptors (Lipinski definition) is 5. The average Bonchev–Trinajstić information content (AvgIpc) is 3.17. The van der Waals surface area contributed by atoms with Gasteiger partial charge < -0.3 is 9.80 Å². The molecular weight excluding hydrogens is 338 g/mol. The van der Waals surface area contributed by atoms with Gasteiger partial charge in [-0.15, -0.1) is 0 Å². The summed E-state index contributed by atoms with van der Waals surface area (Å²) in [6.07, 6.45) is 12.4. The molecule has 3 fully saturated rings. The highest BCUT2D eigenvalue weighted by Gasteiger charge is 2.39. The molecule has 1 saturated carbocycles.